The molecule has 0 unspecified atom stereocenters. The average Bonchev–Trinajstić information content (AvgIpc) is 3.07. The molecule has 0 saturated heterocycles. The van der Waals surface area contributed by atoms with E-state index in [1.54, 1.807) is 0 Å². The molecule has 0 aliphatic rings. The Morgan fingerprint density at radius 3 is 2.52 bits per heavy atom. The third-order valence-corrected chi connectivity index (χ3v) is 5.67. The van der Waals surface area contributed by atoms with Gasteiger partial charge in [0.25, 0.3) is 0 Å². The van der Waals surface area contributed by atoms with Crippen LogP contribution in [0, 0.1) is 0 Å². The molecule has 1 aromatic heterocycles. The van der Waals surface area contributed by atoms with Gasteiger partial charge in [-0.3, -0.25) is 4.79 Å². The number of benzene rings is 2. The monoisotopic (exact) mass is 409 g/mol. The second-order valence-corrected chi connectivity index (χ2v) is 8.37. The van der Waals surface area contributed by atoms with E-state index < -0.39 is 0 Å². The Bertz CT molecular complexity index is 979. The number of hydrogen-bond donors (Lipinski definition) is 1. The van der Waals surface area contributed by atoms with E-state index in [1.807, 2.05) is 73.1 Å². The summed E-state index contributed by atoms with van der Waals surface area (Å²) in [7, 11) is 5.93. The first-order valence-corrected chi connectivity index (χ1v) is 10.5. The summed E-state index contributed by atoms with van der Waals surface area (Å²) >= 11 is 1.38. The minimum absolute atomic E-state index is 0.0635. The van der Waals surface area contributed by atoms with E-state index in [0.29, 0.717) is 11.1 Å². The molecule has 0 radical (unpaired) electrons. The molecular weight excluding hydrogens is 382 g/mol. The molecule has 7 heteroatoms. The molecule has 1 N–H and O–H groups in total. The summed E-state index contributed by atoms with van der Waals surface area (Å²) in [5.74, 6) is 1.46. The van der Waals surface area contributed by atoms with Crippen LogP contribution >= 0.6 is 11.8 Å². The molecule has 0 fully saturated rings. The van der Waals surface area contributed by atoms with Crippen LogP contribution in [0.4, 0.5) is 11.4 Å². The zero-order valence-electron chi connectivity index (χ0n) is 17.5. The molecule has 6 nitrogen and oxygen atoms in total. The van der Waals surface area contributed by atoms with Crippen molar-refractivity contribution in [2.45, 2.75) is 24.9 Å². The van der Waals surface area contributed by atoms with Gasteiger partial charge in [-0.1, -0.05) is 49.9 Å². The molecule has 0 aliphatic carbocycles. The first kappa shape index (κ1) is 20.9. The number of nitrogens with zero attached hydrogens (tertiary/aromatic N) is 4. The van der Waals surface area contributed by atoms with Gasteiger partial charge in [0.2, 0.25) is 5.91 Å². The summed E-state index contributed by atoms with van der Waals surface area (Å²) in [5.41, 5.74) is 4.15. The van der Waals surface area contributed by atoms with Crippen molar-refractivity contribution >= 4 is 29.0 Å². The zero-order chi connectivity index (χ0) is 21.0. The van der Waals surface area contributed by atoms with Crippen LogP contribution in [-0.2, 0) is 11.8 Å². The predicted octanol–water partition coefficient (Wildman–Crippen LogP) is 4.40. The van der Waals surface area contributed by atoms with Crippen LogP contribution in [0.3, 0.4) is 0 Å². The van der Waals surface area contributed by atoms with Crippen LogP contribution in [0.15, 0.2) is 53.7 Å². The van der Waals surface area contributed by atoms with E-state index in [2.05, 4.69) is 35.4 Å². The van der Waals surface area contributed by atoms with Gasteiger partial charge in [-0.25, -0.2) is 0 Å². The molecule has 152 valence electrons. The molecule has 0 spiro atoms. The van der Waals surface area contributed by atoms with Crippen molar-refractivity contribution in [3.05, 3.63) is 54.1 Å². The molecule has 1 heterocycles. The maximum atomic E-state index is 12.3. The quantitative estimate of drug-likeness (QED) is 0.586. The number of hydrogen-bond acceptors (Lipinski definition) is 5. The summed E-state index contributed by atoms with van der Waals surface area (Å²) < 4.78 is 1.92. The Labute approximate surface area is 176 Å². The Morgan fingerprint density at radius 2 is 1.86 bits per heavy atom. The first-order valence-electron chi connectivity index (χ1n) is 9.55. The molecule has 29 heavy (non-hydrogen) atoms. The van der Waals surface area contributed by atoms with Crippen LogP contribution < -0.4 is 10.2 Å². The van der Waals surface area contributed by atoms with Crippen molar-refractivity contribution in [3.63, 3.8) is 0 Å². The van der Waals surface area contributed by atoms with Crippen molar-refractivity contribution in [1.82, 2.24) is 14.8 Å². The van der Waals surface area contributed by atoms with Gasteiger partial charge in [-0.15, -0.1) is 10.2 Å². The number of thioether (sulfide) groups is 1. The summed E-state index contributed by atoms with van der Waals surface area (Å²) in [6, 6.07) is 16.1. The topological polar surface area (TPSA) is 63.1 Å². The lowest BCUT2D eigenvalue weighted by atomic mass is 10.0. The number of amides is 1. The highest BCUT2D eigenvalue weighted by molar-refractivity contribution is 7.99. The molecule has 0 saturated carbocycles. The minimum Gasteiger partial charge on any atom is -0.378 e. The van der Waals surface area contributed by atoms with Crippen LogP contribution in [0.5, 0.6) is 0 Å². The van der Waals surface area contributed by atoms with E-state index >= 15 is 0 Å². The van der Waals surface area contributed by atoms with E-state index in [-0.39, 0.29) is 11.7 Å². The number of carbonyl (C=O) groups excluding carboxylic acids is 1. The third kappa shape index (κ3) is 5.17. The van der Waals surface area contributed by atoms with Gasteiger partial charge in [0.15, 0.2) is 11.0 Å². The Hall–Kier alpha value is -2.80. The standard InChI is InChI=1S/C22H27N5OS/c1-15(2)16-9-11-18(12-10-16)23-20(28)14-29-22-25-24-21(27(22)5)17-7-6-8-19(13-17)26(3)4/h6-13,15H,14H2,1-5H3,(H,23,28). The number of aromatic nitrogens is 3. The van der Waals surface area contributed by atoms with Gasteiger partial charge < -0.3 is 14.8 Å². The fourth-order valence-electron chi connectivity index (χ4n) is 2.89. The highest BCUT2D eigenvalue weighted by atomic mass is 32.2. The lowest BCUT2D eigenvalue weighted by Gasteiger charge is -2.13. The molecule has 0 atom stereocenters. The number of rotatable bonds is 7. The molecule has 2 aromatic carbocycles. The van der Waals surface area contributed by atoms with Gasteiger partial charge >= 0.3 is 0 Å². The number of carbonyl (C=O) groups is 1. The normalized spacial score (nSPS) is 11.0. The maximum Gasteiger partial charge on any atom is 0.234 e. The Balaban J connectivity index is 1.63. The molecular formula is C22H27N5OS. The highest BCUT2D eigenvalue weighted by Crippen LogP contribution is 2.25. The van der Waals surface area contributed by atoms with Crippen LogP contribution in [0.2, 0.25) is 0 Å². The van der Waals surface area contributed by atoms with Crippen molar-refractivity contribution in [1.29, 1.82) is 0 Å². The second-order valence-electron chi connectivity index (χ2n) is 7.42. The van der Waals surface area contributed by atoms with Crippen LogP contribution in [0.1, 0.15) is 25.3 Å². The van der Waals surface area contributed by atoms with Crippen molar-refractivity contribution < 1.29 is 4.79 Å². The van der Waals surface area contributed by atoms with Gasteiger partial charge in [0.1, 0.15) is 0 Å². The lowest BCUT2D eigenvalue weighted by molar-refractivity contribution is -0.113. The largest absolute Gasteiger partial charge is 0.378 e. The molecule has 0 bridgehead atoms. The van der Waals surface area contributed by atoms with Gasteiger partial charge in [0.05, 0.1) is 5.75 Å². The van der Waals surface area contributed by atoms with Crippen molar-refractivity contribution in [2.75, 3.05) is 30.1 Å². The fraction of sp³-hybridized carbons (Fsp3) is 0.318. The number of anilines is 2. The number of nitrogens with one attached hydrogen (secondary N) is 1. The first-order chi connectivity index (χ1) is 13.8. The van der Waals surface area contributed by atoms with Gasteiger partial charge in [0, 0.05) is 38.1 Å². The van der Waals surface area contributed by atoms with E-state index in [0.717, 1.165) is 22.8 Å². The molecule has 0 aliphatic heterocycles. The lowest BCUT2D eigenvalue weighted by Crippen LogP contribution is -2.14. The van der Waals surface area contributed by atoms with Gasteiger partial charge in [-0.2, -0.15) is 0 Å². The van der Waals surface area contributed by atoms with Crippen molar-refractivity contribution in [2.24, 2.45) is 7.05 Å². The summed E-state index contributed by atoms with van der Waals surface area (Å²) in [6.45, 7) is 4.30. The summed E-state index contributed by atoms with van der Waals surface area (Å²) in [4.78, 5) is 14.4. The Morgan fingerprint density at radius 1 is 1.14 bits per heavy atom. The predicted molar refractivity (Wildman–Crippen MR) is 121 cm³/mol. The summed E-state index contributed by atoms with van der Waals surface area (Å²) in [6.07, 6.45) is 0. The SMILES string of the molecule is CC(C)c1ccc(NC(=O)CSc2nnc(-c3cccc(N(C)C)c3)n2C)cc1. The second kappa shape index (κ2) is 9.13. The van der Waals surface area contributed by atoms with E-state index in [9.17, 15) is 4.79 Å². The van der Waals surface area contributed by atoms with Gasteiger partial charge in [-0.05, 0) is 35.7 Å². The van der Waals surface area contributed by atoms with E-state index in [1.165, 1.54) is 17.3 Å². The summed E-state index contributed by atoms with van der Waals surface area (Å²) in [5, 5.41) is 12.2. The molecule has 3 rings (SSSR count). The zero-order valence-corrected chi connectivity index (χ0v) is 18.3. The fourth-order valence-corrected chi connectivity index (χ4v) is 3.60. The van der Waals surface area contributed by atoms with Crippen LogP contribution in [0.25, 0.3) is 11.4 Å². The average molecular weight is 410 g/mol. The van der Waals surface area contributed by atoms with E-state index in [4.69, 9.17) is 0 Å². The Kier molecular flexibility index (Phi) is 6.59. The smallest absolute Gasteiger partial charge is 0.234 e. The third-order valence-electron chi connectivity index (χ3n) is 4.65. The minimum atomic E-state index is -0.0635. The molecule has 3 aromatic rings. The van der Waals surface area contributed by atoms with Crippen LogP contribution in [-0.4, -0.2) is 40.5 Å². The molecule has 1 amide bonds. The van der Waals surface area contributed by atoms with Crippen molar-refractivity contribution in [3.8, 4) is 11.4 Å². The maximum absolute atomic E-state index is 12.3. The highest BCUT2D eigenvalue weighted by Gasteiger charge is 2.14.